The van der Waals surface area contributed by atoms with Crippen LogP contribution in [-0.4, -0.2) is 28.9 Å². The number of rotatable bonds is 5. The van der Waals surface area contributed by atoms with E-state index in [9.17, 15) is 9.59 Å². The van der Waals surface area contributed by atoms with Gasteiger partial charge in [0.25, 0.3) is 5.91 Å². The predicted molar refractivity (Wildman–Crippen MR) is 82.9 cm³/mol. The van der Waals surface area contributed by atoms with Crippen molar-refractivity contribution in [1.82, 2.24) is 15.6 Å². The maximum Gasteiger partial charge on any atom is 0.251 e. The van der Waals surface area contributed by atoms with Gasteiger partial charge in [-0.1, -0.05) is 13.3 Å². The van der Waals surface area contributed by atoms with Gasteiger partial charge in [0.1, 0.15) is 5.82 Å². The van der Waals surface area contributed by atoms with E-state index in [1.165, 1.54) is 6.07 Å². The molecule has 0 fully saturated rings. The third kappa shape index (κ3) is 6.25. The maximum absolute atomic E-state index is 12.0. The van der Waals surface area contributed by atoms with Crippen LogP contribution in [0.1, 0.15) is 50.2 Å². The van der Waals surface area contributed by atoms with E-state index < -0.39 is 0 Å². The number of aromatic nitrogens is 1. The number of hydrogen-bond donors (Lipinski definition) is 3. The first kappa shape index (κ1) is 16.9. The third-order valence-corrected chi connectivity index (χ3v) is 2.59. The fourth-order valence-corrected chi connectivity index (χ4v) is 1.85. The molecule has 2 amide bonds. The summed E-state index contributed by atoms with van der Waals surface area (Å²) in [6.45, 7) is 7.61. The second-order valence-corrected chi connectivity index (χ2v) is 6.00. The van der Waals surface area contributed by atoms with Crippen molar-refractivity contribution in [3.05, 3.63) is 23.4 Å². The Balaban J connectivity index is 2.65. The lowest BCUT2D eigenvalue weighted by molar-refractivity contribution is -0.121. The normalized spacial score (nSPS) is 11.0. The summed E-state index contributed by atoms with van der Waals surface area (Å²) in [5.74, 6) is -0.248. The second-order valence-electron chi connectivity index (χ2n) is 6.00. The van der Waals surface area contributed by atoms with E-state index in [0.29, 0.717) is 11.4 Å². The number of aryl methyl sites for hydroxylation is 1. The van der Waals surface area contributed by atoms with Crippen LogP contribution < -0.4 is 16.4 Å². The number of carbonyl (C=O) groups excluding carboxylic acids is 2. The van der Waals surface area contributed by atoms with Crippen molar-refractivity contribution in [2.24, 2.45) is 0 Å². The number of nitrogens with one attached hydrogen (secondary N) is 2. The van der Waals surface area contributed by atoms with E-state index in [2.05, 4.69) is 15.6 Å². The van der Waals surface area contributed by atoms with Crippen molar-refractivity contribution < 1.29 is 9.59 Å². The fourth-order valence-electron chi connectivity index (χ4n) is 1.85. The molecule has 0 saturated carbocycles. The topological polar surface area (TPSA) is 97.1 Å². The summed E-state index contributed by atoms with van der Waals surface area (Å²) < 4.78 is 0. The van der Waals surface area contributed by atoms with Crippen molar-refractivity contribution in [2.75, 3.05) is 12.3 Å². The smallest absolute Gasteiger partial charge is 0.251 e. The minimum absolute atomic E-state index is 0.0680. The zero-order chi connectivity index (χ0) is 16.0. The third-order valence-electron chi connectivity index (χ3n) is 2.59. The molecule has 0 unspecified atom stereocenters. The lowest BCUT2D eigenvalue weighted by Gasteiger charge is -2.20. The van der Waals surface area contributed by atoms with Gasteiger partial charge >= 0.3 is 0 Å². The van der Waals surface area contributed by atoms with Crippen molar-refractivity contribution in [2.45, 2.75) is 46.1 Å². The molecule has 0 aliphatic heterocycles. The van der Waals surface area contributed by atoms with E-state index in [-0.39, 0.29) is 23.9 Å². The van der Waals surface area contributed by atoms with Crippen molar-refractivity contribution >= 4 is 17.6 Å². The van der Waals surface area contributed by atoms with E-state index in [1.54, 1.807) is 6.07 Å². The molecule has 1 aromatic heterocycles. The van der Waals surface area contributed by atoms with Crippen LogP contribution in [0.4, 0.5) is 5.82 Å². The Hall–Kier alpha value is -2.11. The molecule has 6 nitrogen and oxygen atoms in total. The first-order valence-electron chi connectivity index (χ1n) is 7.07. The Bertz CT molecular complexity index is 521. The molecular weight excluding hydrogens is 268 g/mol. The molecule has 0 saturated heterocycles. The van der Waals surface area contributed by atoms with E-state index >= 15 is 0 Å². The minimum atomic E-state index is -0.328. The van der Waals surface area contributed by atoms with Gasteiger partial charge in [-0.25, -0.2) is 4.98 Å². The molecule has 0 aliphatic carbocycles. The molecule has 4 N–H and O–H groups in total. The van der Waals surface area contributed by atoms with Crippen molar-refractivity contribution in [3.63, 3.8) is 0 Å². The van der Waals surface area contributed by atoms with Gasteiger partial charge in [0.05, 0.1) is 6.54 Å². The largest absolute Gasteiger partial charge is 0.384 e. The van der Waals surface area contributed by atoms with Gasteiger partial charge in [-0.15, -0.1) is 0 Å². The van der Waals surface area contributed by atoms with Gasteiger partial charge < -0.3 is 16.4 Å². The van der Waals surface area contributed by atoms with E-state index in [4.69, 9.17) is 5.73 Å². The molecule has 0 atom stereocenters. The Labute approximate surface area is 125 Å². The number of nitrogen functional groups attached to an aromatic ring is 1. The molecule has 0 spiro atoms. The van der Waals surface area contributed by atoms with Crippen LogP contribution in [0.3, 0.4) is 0 Å². The molecule has 0 aromatic carbocycles. The average molecular weight is 292 g/mol. The monoisotopic (exact) mass is 292 g/mol. The maximum atomic E-state index is 12.0. The van der Waals surface area contributed by atoms with Gasteiger partial charge in [-0.05, 0) is 39.3 Å². The number of amides is 2. The number of hydrogen-bond acceptors (Lipinski definition) is 4. The number of nitrogens with zero attached hydrogens (tertiary/aromatic N) is 1. The zero-order valence-electron chi connectivity index (χ0n) is 13.1. The van der Waals surface area contributed by atoms with Crippen LogP contribution in [0.5, 0.6) is 0 Å². The fraction of sp³-hybridized carbons (Fsp3) is 0.533. The molecular formula is C15H24N4O2. The standard InChI is InChI=1S/C15H24N4O2/c1-5-6-11-7-10(8-12(16)18-11)14(21)17-9-13(20)19-15(2,3)4/h7-8H,5-6,9H2,1-4H3,(H2,16,18)(H,17,21)(H,19,20). The molecule has 1 rings (SSSR count). The molecule has 0 radical (unpaired) electrons. The minimum Gasteiger partial charge on any atom is -0.384 e. The number of nitrogens with two attached hydrogens (primary N) is 1. The molecule has 0 aliphatic rings. The quantitative estimate of drug-likeness (QED) is 0.761. The summed E-state index contributed by atoms with van der Waals surface area (Å²) in [6.07, 6.45) is 1.68. The SMILES string of the molecule is CCCc1cc(C(=O)NCC(=O)NC(C)(C)C)cc(N)n1. The summed E-state index contributed by atoms with van der Waals surface area (Å²) >= 11 is 0. The van der Waals surface area contributed by atoms with Gasteiger partial charge in [0, 0.05) is 16.8 Å². The predicted octanol–water partition coefficient (Wildman–Crippen LogP) is 1.26. The van der Waals surface area contributed by atoms with Crippen LogP contribution in [-0.2, 0) is 11.2 Å². The van der Waals surface area contributed by atoms with Crippen LogP contribution in [0.15, 0.2) is 12.1 Å². The molecule has 21 heavy (non-hydrogen) atoms. The number of anilines is 1. The number of pyridine rings is 1. The molecule has 0 bridgehead atoms. The molecule has 116 valence electrons. The van der Waals surface area contributed by atoms with Crippen LogP contribution >= 0.6 is 0 Å². The van der Waals surface area contributed by atoms with Gasteiger partial charge in [0.15, 0.2) is 0 Å². The Morgan fingerprint density at radius 2 is 1.95 bits per heavy atom. The second kappa shape index (κ2) is 7.06. The summed E-state index contributed by atoms with van der Waals surface area (Å²) in [7, 11) is 0. The van der Waals surface area contributed by atoms with Crippen LogP contribution in [0, 0.1) is 0 Å². The van der Waals surface area contributed by atoms with Crippen molar-refractivity contribution in [3.8, 4) is 0 Å². The van der Waals surface area contributed by atoms with Gasteiger partial charge in [-0.2, -0.15) is 0 Å². The lowest BCUT2D eigenvalue weighted by atomic mass is 10.1. The summed E-state index contributed by atoms with van der Waals surface area (Å²) in [5, 5.41) is 5.36. The average Bonchev–Trinajstić information content (AvgIpc) is 2.33. The highest BCUT2D eigenvalue weighted by molar-refractivity contribution is 5.97. The van der Waals surface area contributed by atoms with Crippen molar-refractivity contribution in [1.29, 1.82) is 0 Å². The zero-order valence-corrected chi connectivity index (χ0v) is 13.1. The highest BCUT2D eigenvalue weighted by Gasteiger charge is 2.15. The molecule has 1 aromatic rings. The van der Waals surface area contributed by atoms with E-state index in [1.807, 2.05) is 27.7 Å². The summed E-state index contributed by atoms with van der Waals surface area (Å²) in [6, 6.07) is 3.22. The highest BCUT2D eigenvalue weighted by Crippen LogP contribution is 2.09. The molecule has 6 heteroatoms. The summed E-state index contributed by atoms with van der Waals surface area (Å²) in [4.78, 5) is 27.9. The Morgan fingerprint density at radius 1 is 1.29 bits per heavy atom. The Kier molecular flexibility index (Phi) is 5.69. The van der Waals surface area contributed by atoms with Gasteiger partial charge in [-0.3, -0.25) is 9.59 Å². The van der Waals surface area contributed by atoms with Crippen LogP contribution in [0.25, 0.3) is 0 Å². The first-order valence-corrected chi connectivity index (χ1v) is 7.07. The first-order chi connectivity index (χ1) is 9.71. The van der Waals surface area contributed by atoms with Crippen LogP contribution in [0.2, 0.25) is 0 Å². The van der Waals surface area contributed by atoms with Gasteiger partial charge in [0.2, 0.25) is 5.91 Å². The number of carbonyl (C=O) groups is 2. The highest BCUT2D eigenvalue weighted by atomic mass is 16.2. The van der Waals surface area contributed by atoms with E-state index in [0.717, 1.165) is 18.5 Å². The summed E-state index contributed by atoms with van der Waals surface area (Å²) in [5.41, 5.74) is 6.58. The Morgan fingerprint density at radius 3 is 2.52 bits per heavy atom. The molecule has 1 heterocycles. The lowest BCUT2D eigenvalue weighted by Crippen LogP contribution is -2.45.